The van der Waals surface area contributed by atoms with E-state index in [0.29, 0.717) is 11.7 Å². The summed E-state index contributed by atoms with van der Waals surface area (Å²) in [5, 5.41) is 20.0. The quantitative estimate of drug-likeness (QED) is 0.842. The highest BCUT2D eigenvalue weighted by atomic mass is 16.5. The van der Waals surface area contributed by atoms with Crippen molar-refractivity contribution in [1.29, 1.82) is 0 Å². The molecule has 0 bridgehead atoms. The molecule has 6 heteroatoms. The molecule has 0 aliphatic carbocycles. The van der Waals surface area contributed by atoms with Crippen molar-refractivity contribution in [3.63, 3.8) is 0 Å². The highest BCUT2D eigenvalue weighted by molar-refractivity contribution is 5.68. The Bertz CT molecular complexity index is 416. The zero-order valence-electron chi connectivity index (χ0n) is 11.0. The molecule has 0 radical (unpaired) electrons. The van der Waals surface area contributed by atoms with E-state index >= 15 is 0 Å². The maximum atomic E-state index is 10.6. The summed E-state index contributed by atoms with van der Waals surface area (Å²) in [6.07, 6.45) is 2.02. The Balaban J connectivity index is 1.92. The van der Waals surface area contributed by atoms with Gasteiger partial charge in [-0.25, -0.2) is 0 Å². The predicted molar refractivity (Wildman–Crippen MR) is 70.2 cm³/mol. The summed E-state index contributed by atoms with van der Waals surface area (Å²) in [6.45, 7) is 3.37. The molecular weight excluding hydrogens is 246 g/mol. The number of nitrogens with one attached hydrogen (secondary N) is 1. The Hall–Kier alpha value is -1.69. The first-order valence-corrected chi connectivity index (χ1v) is 6.55. The second-order valence-electron chi connectivity index (χ2n) is 4.87. The molecule has 2 heterocycles. The third kappa shape index (κ3) is 4.17. The molecule has 2 rings (SSSR count). The number of nitrogens with zero attached hydrogens (tertiary/aromatic N) is 2. The molecule has 1 saturated heterocycles. The molecule has 0 spiro atoms. The van der Waals surface area contributed by atoms with E-state index < -0.39 is 5.97 Å². The lowest BCUT2D eigenvalue weighted by atomic mass is 9.96. The van der Waals surface area contributed by atoms with Gasteiger partial charge in [0.25, 0.3) is 0 Å². The molecule has 19 heavy (non-hydrogen) atoms. The number of ether oxygens (including phenoxy) is 1. The van der Waals surface area contributed by atoms with Crippen LogP contribution in [0.5, 0.6) is 0 Å². The standard InChI is InChI=1S/C13H19N3O3/c1-9(8-13(17)18)14-12-3-2-11(15-16-12)10-4-6-19-7-5-10/h2-3,9-10H,4-8H2,1H3,(H,14,16)(H,17,18). The molecular formula is C13H19N3O3. The van der Waals surface area contributed by atoms with E-state index in [2.05, 4.69) is 15.5 Å². The first-order valence-electron chi connectivity index (χ1n) is 6.55. The molecule has 1 aliphatic rings. The van der Waals surface area contributed by atoms with Gasteiger partial charge in [0.15, 0.2) is 0 Å². The topological polar surface area (TPSA) is 84.3 Å². The minimum Gasteiger partial charge on any atom is -0.481 e. The number of hydrogen-bond acceptors (Lipinski definition) is 5. The molecule has 1 aromatic rings. The lowest BCUT2D eigenvalue weighted by Gasteiger charge is -2.21. The van der Waals surface area contributed by atoms with E-state index in [-0.39, 0.29) is 12.5 Å². The van der Waals surface area contributed by atoms with Gasteiger partial charge in [0.1, 0.15) is 5.82 Å². The first-order chi connectivity index (χ1) is 9.15. The number of hydrogen-bond donors (Lipinski definition) is 2. The van der Waals surface area contributed by atoms with Crippen molar-refractivity contribution >= 4 is 11.8 Å². The predicted octanol–water partition coefficient (Wildman–Crippen LogP) is 1.65. The molecule has 2 N–H and O–H groups in total. The Morgan fingerprint density at radius 2 is 2.21 bits per heavy atom. The fraction of sp³-hybridized carbons (Fsp3) is 0.615. The van der Waals surface area contributed by atoms with Gasteiger partial charge in [-0.2, -0.15) is 5.10 Å². The third-order valence-electron chi connectivity index (χ3n) is 3.20. The van der Waals surface area contributed by atoms with Crippen LogP contribution in [-0.4, -0.2) is 40.5 Å². The summed E-state index contributed by atoms with van der Waals surface area (Å²) in [6, 6.07) is 3.65. The van der Waals surface area contributed by atoms with Crippen LogP contribution < -0.4 is 5.32 Å². The summed E-state index contributed by atoms with van der Waals surface area (Å²) < 4.78 is 5.32. The lowest BCUT2D eigenvalue weighted by Crippen LogP contribution is -2.20. The zero-order chi connectivity index (χ0) is 13.7. The zero-order valence-corrected chi connectivity index (χ0v) is 11.0. The number of carbonyl (C=O) groups is 1. The van der Waals surface area contributed by atoms with Crippen LogP contribution in [0.4, 0.5) is 5.82 Å². The van der Waals surface area contributed by atoms with E-state index in [1.54, 1.807) is 0 Å². The normalized spacial score (nSPS) is 17.9. The molecule has 104 valence electrons. The average Bonchev–Trinajstić information content (AvgIpc) is 2.39. The Morgan fingerprint density at radius 1 is 1.47 bits per heavy atom. The van der Waals surface area contributed by atoms with Crippen LogP contribution >= 0.6 is 0 Å². The van der Waals surface area contributed by atoms with Crippen molar-refractivity contribution in [1.82, 2.24) is 10.2 Å². The smallest absolute Gasteiger partial charge is 0.305 e. The van der Waals surface area contributed by atoms with Crippen molar-refractivity contribution in [2.75, 3.05) is 18.5 Å². The largest absolute Gasteiger partial charge is 0.481 e. The van der Waals surface area contributed by atoms with Crippen molar-refractivity contribution in [3.05, 3.63) is 17.8 Å². The summed E-state index contributed by atoms with van der Waals surface area (Å²) in [5.41, 5.74) is 0.986. The lowest BCUT2D eigenvalue weighted by molar-refractivity contribution is -0.137. The maximum Gasteiger partial charge on any atom is 0.305 e. The van der Waals surface area contributed by atoms with Crippen molar-refractivity contribution in [2.45, 2.75) is 38.1 Å². The van der Waals surface area contributed by atoms with Gasteiger partial charge in [-0.05, 0) is 31.9 Å². The van der Waals surface area contributed by atoms with Crippen molar-refractivity contribution in [2.24, 2.45) is 0 Å². The number of aliphatic carboxylic acids is 1. The molecule has 1 unspecified atom stereocenters. The second-order valence-corrected chi connectivity index (χ2v) is 4.87. The molecule has 1 atom stereocenters. The van der Waals surface area contributed by atoms with E-state index in [9.17, 15) is 4.79 Å². The molecule has 1 aliphatic heterocycles. The fourth-order valence-electron chi connectivity index (χ4n) is 2.20. The Kier molecular flexibility index (Phi) is 4.68. The van der Waals surface area contributed by atoms with Crippen LogP contribution in [0.3, 0.4) is 0 Å². The van der Waals surface area contributed by atoms with E-state index in [1.165, 1.54) is 0 Å². The van der Waals surface area contributed by atoms with Crippen LogP contribution in [-0.2, 0) is 9.53 Å². The molecule has 0 aromatic carbocycles. The third-order valence-corrected chi connectivity index (χ3v) is 3.20. The van der Waals surface area contributed by atoms with Crippen molar-refractivity contribution < 1.29 is 14.6 Å². The number of aromatic nitrogens is 2. The van der Waals surface area contributed by atoms with Crippen LogP contribution in [0.15, 0.2) is 12.1 Å². The second kappa shape index (κ2) is 6.47. The molecule has 0 saturated carbocycles. The highest BCUT2D eigenvalue weighted by Gasteiger charge is 2.17. The number of carboxylic acid groups (broad SMARTS) is 1. The maximum absolute atomic E-state index is 10.6. The minimum atomic E-state index is -0.827. The summed E-state index contributed by atoms with van der Waals surface area (Å²) in [5.74, 6) is 0.211. The van der Waals surface area contributed by atoms with Gasteiger partial charge in [-0.3, -0.25) is 4.79 Å². The highest BCUT2D eigenvalue weighted by Crippen LogP contribution is 2.25. The van der Waals surface area contributed by atoms with Gasteiger partial charge in [-0.1, -0.05) is 0 Å². The Morgan fingerprint density at radius 3 is 2.79 bits per heavy atom. The monoisotopic (exact) mass is 265 g/mol. The van der Waals surface area contributed by atoms with E-state index in [0.717, 1.165) is 31.7 Å². The summed E-state index contributed by atoms with van der Waals surface area (Å²) >= 11 is 0. The first kappa shape index (κ1) is 13.7. The van der Waals surface area contributed by atoms with Gasteiger partial charge in [-0.15, -0.1) is 5.10 Å². The average molecular weight is 265 g/mol. The molecule has 0 amide bonds. The Labute approximate surface area is 112 Å². The van der Waals surface area contributed by atoms with Crippen molar-refractivity contribution in [3.8, 4) is 0 Å². The van der Waals surface area contributed by atoms with Crippen LogP contribution in [0.25, 0.3) is 0 Å². The van der Waals surface area contributed by atoms with Crippen LogP contribution in [0, 0.1) is 0 Å². The fourth-order valence-corrected chi connectivity index (χ4v) is 2.20. The van der Waals surface area contributed by atoms with E-state index in [1.807, 2.05) is 19.1 Å². The molecule has 1 fully saturated rings. The number of anilines is 1. The van der Waals surface area contributed by atoms with Crippen LogP contribution in [0.2, 0.25) is 0 Å². The van der Waals surface area contributed by atoms with Gasteiger partial charge >= 0.3 is 5.97 Å². The minimum absolute atomic E-state index is 0.0589. The van der Waals surface area contributed by atoms with Gasteiger partial charge in [0.05, 0.1) is 12.1 Å². The van der Waals surface area contributed by atoms with Gasteiger partial charge < -0.3 is 15.2 Å². The summed E-state index contributed by atoms with van der Waals surface area (Å²) in [4.78, 5) is 10.6. The van der Waals surface area contributed by atoms with Gasteiger partial charge in [0.2, 0.25) is 0 Å². The SMILES string of the molecule is CC(CC(=O)O)Nc1ccc(C2CCOCC2)nn1. The molecule has 1 aromatic heterocycles. The summed E-state index contributed by atoms with van der Waals surface area (Å²) in [7, 11) is 0. The van der Waals surface area contributed by atoms with Crippen LogP contribution in [0.1, 0.15) is 37.8 Å². The van der Waals surface area contributed by atoms with E-state index in [4.69, 9.17) is 9.84 Å². The van der Waals surface area contributed by atoms with Gasteiger partial charge in [0, 0.05) is 25.2 Å². The number of carboxylic acids is 1. The number of rotatable bonds is 5. The molecule has 6 nitrogen and oxygen atoms in total.